The molecule has 1 aliphatic rings. The van der Waals surface area contributed by atoms with Crippen molar-refractivity contribution in [3.8, 4) is 0 Å². The van der Waals surface area contributed by atoms with Gasteiger partial charge in [0.1, 0.15) is 12.0 Å². The van der Waals surface area contributed by atoms with Crippen molar-refractivity contribution in [3.05, 3.63) is 41.9 Å². The molecule has 2 aromatic heterocycles. The number of aryl methyl sites for hydroxylation is 1. The third-order valence-electron chi connectivity index (χ3n) is 4.71. The lowest BCUT2D eigenvalue weighted by atomic mass is 10.1. The van der Waals surface area contributed by atoms with Crippen LogP contribution in [0.5, 0.6) is 0 Å². The summed E-state index contributed by atoms with van der Waals surface area (Å²) in [6, 6.07) is 3.34. The van der Waals surface area contributed by atoms with Gasteiger partial charge in [0.2, 0.25) is 5.95 Å². The maximum atomic E-state index is 14.1. The Balaban J connectivity index is 1.71. The molecule has 1 aliphatic heterocycles. The molecule has 0 unspecified atom stereocenters. The lowest BCUT2D eigenvalue weighted by Gasteiger charge is -2.26. The molecule has 0 aliphatic carbocycles. The maximum Gasteiger partial charge on any atom is 0.251 e. The van der Waals surface area contributed by atoms with Crippen LogP contribution in [0.1, 0.15) is 29.3 Å². The van der Waals surface area contributed by atoms with Crippen molar-refractivity contribution in [1.29, 1.82) is 0 Å². The lowest BCUT2D eigenvalue weighted by Crippen LogP contribution is -2.41. The summed E-state index contributed by atoms with van der Waals surface area (Å²) in [7, 11) is 3.72. The molecule has 1 fully saturated rings. The molecule has 2 aromatic rings. The van der Waals surface area contributed by atoms with Crippen molar-refractivity contribution in [1.82, 2.24) is 20.3 Å². The minimum atomic E-state index is -0.947. The number of hydrogen-bond donors (Lipinski definition) is 1. The van der Waals surface area contributed by atoms with Crippen LogP contribution >= 0.6 is 0 Å². The van der Waals surface area contributed by atoms with E-state index in [4.69, 9.17) is 0 Å². The molecule has 0 radical (unpaired) electrons. The van der Waals surface area contributed by atoms with Gasteiger partial charge in [-0.25, -0.2) is 9.37 Å². The maximum absolute atomic E-state index is 14.1. The van der Waals surface area contributed by atoms with Crippen molar-refractivity contribution in [3.63, 3.8) is 0 Å². The molecule has 1 N–H and O–H groups in total. The Hall–Kier alpha value is -2.77. The van der Waals surface area contributed by atoms with Crippen molar-refractivity contribution < 1.29 is 9.18 Å². The molecule has 1 saturated heterocycles. The van der Waals surface area contributed by atoms with E-state index in [0.717, 1.165) is 12.0 Å². The molecule has 3 rings (SSSR count). The minimum Gasteiger partial charge on any atom is -0.350 e. The summed E-state index contributed by atoms with van der Waals surface area (Å²) in [6.45, 7) is 2.60. The predicted octanol–water partition coefficient (Wildman–Crippen LogP) is 1.85. The van der Waals surface area contributed by atoms with Crippen LogP contribution in [0, 0.1) is 0 Å². The summed E-state index contributed by atoms with van der Waals surface area (Å²) < 4.78 is 14.1. The van der Waals surface area contributed by atoms with Crippen molar-refractivity contribution in [2.75, 3.05) is 37.0 Å². The number of nitrogens with zero attached hydrogens (tertiary/aromatic N) is 5. The fourth-order valence-electron chi connectivity index (χ4n) is 3.28. The number of anilines is 2. The van der Waals surface area contributed by atoms with Gasteiger partial charge in [-0.3, -0.25) is 9.78 Å². The number of carbonyl (C=O) groups excluding carboxylic acids is 1. The van der Waals surface area contributed by atoms with E-state index in [-0.39, 0.29) is 18.5 Å². The van der Waals surface area contributed by atoms with Crippen LogP contribution in [0.3, 0.4) is 0 Å². The molecule has 1 amide bonds. The number of nitrogens with one attached hydrogen (secondary N) is 1. The number of amides is 1. The average Bonchev–Trinajstić information content (AvgIpc) is 3.06. The highest BCUT2D eigenvalue weighted by Crippen LogP contribution is 2.26. The Kier molecular flexibility index (Phi) is 5.83. The highest BCUT2D eigenvalue weighted by atomic mass is 19.1. The number of rotatable bonds is 6. The monoisotopic (exact) mass is 372 g/mol. The zero-order valence-electron chi connectivity index (χ0n) is 15.9. The minimum absolute atomic E-state index is 0.152. The summed E-state index contributed by atoms with van der Waals surface area (Å²) in [5.41, 5.74) is 1.51. The summed E-state index contributed by atoms with van der Waals surface area (Å²) >= 11 is 0. The average molecular weight is 372 g/mol. The molecule has 7 nitrogen and oxygen atoms in total. The first-order valence-electron chi connectivity index (χ1n) is 9.11. The fraction of sp³-hybridized carbons (Fsp3) is 0.474. The predicted molar refractivity (Wildman–Crippen MR) is 103 cm³/mol. The molecule has 0 spiro atoms. The van der Waals surface area contributed by atoms with Gasteiger partial charge < -0.3 is 15.1 Å². The lowest BCUT2D eigenvalue weighted by molar-refractivity contribution is 0.0950. The molecule has 2 atom stereocenters. The molecular weight excluding hydrogens is 347 g/mol. The standard InChI is InChI=1S/C19H25FN6O/c1-4-13-10-21-7-5-16(13)18(27)23-11-15-9-14(20)12-26(15)17-6-8-22-19(24-17)25(2)3/h5-8,10,14-15H,4,9,11-12H2,1-3H3,(H,23,27)/t14-,15-/m0/s1. The number of carbonyl (C=O) groups is 1. The van der Waals surface area contributed by atoms with Crippen LogP contribution in [0.25, 0.3) is 0 Å². The van der Waals surface area contributed by atoms with Gasteiger partial charge in [0, 0.05) is 51.2 Å². The zero-order chi connectivity index (χ0) is 19.4. The Morgan fingerprint density at radius 1 is 1.37 bits per heavy atom. The second-order valence-electron chi connectivity index (χ2n) is 6.84. The highest BCUT2D eigenvalue weighted by molar-refractivity contribution is 5.95. The van der Waals surface area contributed by atoms with E-state index in [1.54, 1.807) is 35.6 Å². The third-order valence-corrected chi connectivity index (χ3v) is 4.71. The number of pyridine rings is 1. The number of alkyl halides is 1. The van der Waals surface area contributed by atoms with Crippen LogP contribution in [0.4, 0.5) is 16.2 Å². The quantitative estimate of drug-likeness (QED) is 0.834. The van der Waals surface area contributed by atoms with E-state index in [2.05, 4.69) is 20.3 Å². The van der Waals surface area contributed by atoms with E-state index >= 15 is 0 Å². The van der Waals surface area contributed by atoms with Crippen LogP contribution in [-0.2, 0) is 6.42 Å². The fourth-order valence-corrected chi connectivity index (χ4v) is 3.28. The largest absolute Gasteiger partial charge is 0.350 e. The van der Waals surface area contributed by atoms with Crippen LogP contribution in [0.2, 0.25) is 0 Å². The van der Waals surface area contributed by atoms with E-state index in [0.29, 0.717) is 30.3 Å². The summed E-state index contributed by atoms with van der Waals surface area (Å²) in [5.74, 6) is 1.08. The zero-order valence-corrected chi connectivity index (χ0v) is 15.9. The first-order valence-corrected chi connectivity index (χ1v) is 9.11. The van der Waals surface area contributed by atoms with Crippen molar-refractivity contribution in [2.24, 2.45) is 0 Å². The van der Waals surface area contributed by atoms with Gasteiger partial charge in [-0.05, 0) is 24.1 Å². The summed E-state index contributed by atoms with van der Waals surface area (Å²) in [4.78, 5) is 29.1. The molecule has 0 saturated carbocycles. The first kappa shape index (κ1) is 19.0. The normalized spacial score (nSPS) is 19.2. The van der Waals surface area contributed by atoms with Gasteiger partial charge in [-0.15, -0.1) is 0 Å². The summed E-state index contributed by atoms with van der Waals surface area (Å²) in [5, 5.41) is 2.94. The first-order chi connectivity index (χ1) is 13.0. The second kappa shape index (κ2) is 8.28. The van der Waals surface area contributed by atoms with E-state index < -0.39 is 6.17 Å². The molecule has 27 heavy (non-hydrogen) atoms. The van der Waals surface area contributed by atoms with Crippen LogP contribution in [0.15, 0.2) is 30.7 Å². The molecular formula is C19H25FN6O. The smallest absolute Gasteiger partial charge is 0.251 e. The van der Waals surface area contributed by atoms with Gasteiger partial charge in [0.25, 0.3) is 5.91 Å². The van der Waals surface area contributed by atoms with Gasteiger partial charge in [0.15, 0.2) is 0 Å². The van der Waals surface area contributed by atoms with Gasteiger partial charge in [-0.2, -0.15) is 4.98 Å². The highest BCUT2D eigenvalue weighted by Gasteiger charge is 2.33. The van der Waals surface area contributed by atoms with Crippen LogP contribution in [-0.4, -0.2) is 60.3 Å². The molecule has 0 aromatic carbocycles. The SMILES string of the molecule is CCc1cnccc1C(=O)NC[C@@H]1C[C@H](F)CN1c1ccnc(N(C)C)n1. The Morgan fingerprint density at radius 2 is 2.19 bits per heavy atom. The second-order valence-corrected chi connectivity index (χ2v) is 6.84. The van der Waals surface area contributed by atoms with E-state index in [9.17, 15) is 9.18 Å². The Labute approximate surface area is 158 Å². The van der Waals surface area contributed by atoms with Gasteiger partial charge >= 0.3 is 0 Å². The number of hydrogen-bond acceptors (Lipinski definition) is 6. The molecule has 144 valence electrons. The molecule has 3 heterocycles. The van der Waals surface area contributed by atoms with E-state index in [1.807, 2.05) is 25.9 Å². The molecule has 0 bridgehead atoms. The van der Waals surface area contributed by atoms with E-state index in [1.165, 1.54) is 0 Å². The van der Waals surface area contributed by atoms with Crippen molar-refractivity contribution in [2.45, 2.75) is 32.0 Å². The van der Waals surface area contributed by atoms with Gasteiger partial charge in [-0.1, -0.05) is 6.92 Å². The topological polar surface area (TPSA) is 74.2 Å². The van der Waals surface area contributed by atoms with Crippen molar-refractivity contribution >= 4 is 17.7 Å². The Morgan fingerprint density at radius 3 is 2.93 bits per heavy atom. The molecule has 8 heteroatoms. The third kappa shape index (κ3) is 4.32. The van der Waals surface area contributed by atoms with Crippen LogP contribution < -0.4 is 15.1 Å². The van der Waals surface area contributed by atoms with Gasteiger partial charge in [0.05, 0.1) is 12.6 Å². The number of halogens is 1. The number of aromatic nitrogens is 3. The Bertz CT molecular complexity index is 799. The summed E-state index contributed by atoms with van der Waals surface area (Å²) in [6.07, 6.45) is 5.13.